The van der Waals surface area contributed by atoms with Crippen molar-refractivity contribution in [3.8, 4) is 17.1 Å². The molecule has 0 radical (unpaired) electrons. The fourth-order valence-electron chi connectivity index (χ4n) is 2.62. The van der Waals surface area contributed by atoms with E-state index in [1.54, 1.807) is 6.07 Å². The lowest BCUT2D eigenvalue weighted by molar-refractivity contribution is 0.244. The standard InChI is InChI=1S/C17H19BN2O3/c1-10(2)23-16-12(8-11(3)9-13(16)18(21)22)17-19-14-6-4-5-7-15(14)20-17/h4-10,21-22H,1-3H3,(H,19,20). The number of fused-ring (bicyclic) bond motifs is 1. The number of para-hydroxylation sites is 2. The van der Waals surface area contributed by atoms with Crippen molar-refractivity contribution in [1.29, 1.82) is 0 Å². The molecule has 0 aliphatic heterocycles. The maximum absolute atomic E-state index is 9.70. The quantitative estimate of drug-likeness (QED) is 0.644. The van der Waals surface area contributed by atoms with Crippen LogP contribution in [0, 0.1) is 6.92 Å². The van der Waals surface area contributed by atoms with Crippen LogP contribution in [0.15, 0.2) is 36.4 Å². The number of ether oxygens (including phenoxy) is 1. The van der Waals surface area contributed by atoms with Crippen LogP contribution in [0.2, 0.25) is 0 Å². The topological polar surface area (TPSA) is 78.4 Å². The number of nitrogens with zero attached hydrogens (tertiary/aromatic N) is 1. The Bertz CT molecular complexity index is 810. The lowest BCUT2D eigenvalue weighted by atomic mass is 9.77. The van der Waals surface area contributed by atoms with Gasteiger partial charge in [-0.25, -0.2) is 4.98 Å². The first-order chi connectivity index (χ1) is 11.0. The molecule has 118 valence electrons. The molecule has 0 aliphatic carbocycles. The monoisotopic (exact) mass is 310 g/mol. The van der Waals surface area contributed by atoms with Gasteiger partial charge in [0.25, 0.3) is 0 Å². The van der Waals surface area contributed by atoms with E-state index in [9.17, 15) is 10.0 Å². The zero-order chi connectivity index (χ0) is 16.6. The first kappa shape index (κ1) is 15.6. The highest BCUT2D eigenvalue weighted by atomic mass is 16.5. The maximum atomic E-state index is 9.70. The third-order valence-electron chi connectivity index (χ3n) is 3.54. The Hall–Kier alpha value is -2.31. The number of aromatic nitrogens is 2. The highest BCUT2D eigenvalue weighted by Crippen LogP contribution is 2.30. The summed E-state index contributed by atoms with van der Waals surface area (Å²) < 4.78 is 5.86. The number of H-pyrrole nitrogens is 1. The van der Waals surface area contributed by atoms with Crippen LogP contribution >= 0.6 is 0 Å². The number of rotatable bonds is 4. The summed E-state index contributed by atoms with van der Waals surface area (Å²) in [5.74, 6) is 1.09. The SMILES string of the molecule is Cc1cc(B(O)O)c(OC(C)C)c(-c2nc3ccccc3[nH]2)c1. The molecule has 0 unspecified atom stereocenters. The average Bonchev–Trinajstić information content (AvgIpc) is 2.91. The van der Waals surface area contributed by atoms with E-state index >= 15 is 0 Å². The third-order valence-corrected chi connectivity index (χ3v) is 3.54. The zero-order valence-corrected chi connectivity index (χ0v) is 13.4. The number of aromatic amines is 1. The van der Waals surface area contributed by atoms with Crippen LogP contribution in [0.4, 0.5) is 0 Å². The van der Waals surface area contributed by atoms with E-state index in [1.165, 1.54) is 0 Å². The average molecular weight is 310 g/mol. The molecule has 0 bridgehead atoms. The maximum Gasteiger partial charge on any atom is 0.492 e. The molecule has 23 heavy (non-hydrogen) atoms. The fourth-order valence-corrected chi connectivity index (χ4v) is 2.62. The second-order valence-corrected chi connectivity index (χ2v) is 5.87. The minimum Gasteiger partial charge on any atom is -0.491 e. The van der Waals surface area contributed by atoms with Crippen molar-refractivity contribution in [2.45, 2.75) is 26.9 Å². The summed E-state index contributed by atoms with van der Waals surface area (Å²) in [5, 5.41) is 19.4. The van der Waals surface area contributed by atoms with Gasteiger partial charge in [0, 0.05) is 5.46 Å². The van der Waals surface area contributed by atoms with Crippen LogP contribution in [0.25, 0.3) is 22.4 Å². The predicted octanol–water partition coefficient (Wildman–Crippen LogP) is 2.01. The van der Waals surface area contributed by atoms with Crippen molar-refractivity contribution in [1.82, 2.24) is 9.97 Å². The van der Waals surface area contributed by atoms with Gasteiger partial charge in [-0.2, -0.15) is 0 Å². The molecule has 0 saturated carbocycles. The van der Waals surface area contributed by atoms with Crippen LogP contribution < -0.4 is 10.2 Å². The molecule has 0 atom stereocenters. The zero-order valence-electron chi connectivity index (χ0n) is 13.4. The molecule has 0 fully saturated rings. The van der Waals surface area contributed by atoms with Gasteiger partial charge >= 0.3 is 7.12 Å². The van der Waals surface area contributed by atoms with Crippen molar-refractivity contribution in [2.24, 2.45) is 0 Å². The Labute approximate surface area is 135 Å². The van der Waals surface area contributed by atoms with Crippen LogP contribution in [0.5, 0.6) is 5.75 Å². The minimum atomic E-state index is -1.60. The van der Waals surface area contributed by atoms with E-state index in [4.69, 9.17) is 4.74 Å². The van der Waals surface area contributed by atoms with Crippen molar-refractivity contribution >= 4 is 23.6 Å². The molecule has 1 aromatic heterocycles. The summed E-state index contributed by atoms with van der Waals surface area (Å²) in [6.45, 7) is 5.70. The second kappa shape index (κ2) is 6.06. The lowest BCUT2D eigenvalue weighted by Crippen LogP contribution is -2.33. The molecule has 3 aromatic rings. The normalized spacial score (nSPS) is 11.2. The van der Waals surface area contributed by atoms with Gasteiger partial charge in [0.15, 0.2) is 0 Å². The van der Waals surface area contributed by atoms with E-state index in [2.05, 4.69) is 9.97 Å². The predicted molar refractivity (Wildman–Crippen MR) is 91.9 cm³/mol. The molecule has 0 amide bonds. The molecular formula is C17H19BN2O3. The first-order valence-corrected chi connectivity index (χ1v) is 7.58. The number of imidazole rings is 1. The van der Waals surface area contributed by atoms with Crippen LogP contribution in [-0.4, -0.2) is 33.2 Å². The van der Waals surface area contributed by atoms with Gasteiger partial charge in [0.05, 0.1) is 22.7 Å². The summed E-state index contributed by atoms with van der Waals surface area (Å²) in [6, 6.07) is 11.4. The highest BCUT2D eigenvalue weighted by molar-refractivity contribution is 6.60. The van der Waals surface area contributed by atoms with Gasteiger partial charge in [0.1, 0.15) is 11.6 Å². The van der Waals surface area contributed by atoms with Gasteiger partial charge in [-0.1, -0.05) is 23.8 Å². The summed E-state index contributed by atoms with van der Waals surface area (Å²) in [4.78, 5) is 7.86. The van der Waals surface area contributed by atoms with Crippen LogP contribution in [-0.2, 0) is 0 Å². The van der Waals surface area contributed by atoms with Crippen LogP contribution in [0.1, 0.15) is 19.4 Å². The lowest BCUT2D eigenvalue weighted by Gasteiger charge is -2.18. The van der Waals surface area contributed by atoms with Crippen LogP contribution in [0.3, 0.4) is 0 Å². The second-order valence-electron chi connectivity index (χ2n) is 5.87. The van der Waals surface area contributed by atoms with E-state index in [1.807, 2.05) is 51.1 Å². The van der Waals surface area contributed by atoms with Gasteiger partial charge in [-0.15, -0.1) is 0 Å². The minimum absolute atomic E-state index is 0.0988. The molecule has 6 heteroatoms. The van der Waals surface area contributed by atoms with Gasteiger partial charge < -0.3 is 19.8 Å². The van der Waals surface area contributed by atoms with E-state index in [0.717, 1.165) is 22.2 Å². The van der Waals surface area contributed by atoms with Crippen molar-refractivity contribution in [3.05, 3.63) is 42.0 Å². The third kappa shape index (κ3) is 3.09. The number of benzene rings is 2. The fraction of sp³-hybridized carbons (Fsp3) is 0.235. The summed E-state index contributed by atoms with van der Waals surface area (Å²) >= 11 is 0. The van der Waals surface area contributed by atoms with Crippen molar-refractivity contribution in [2.75, 3.05) is 0 Å². The molecule has 3 N–H and O–H groups in total. The molecule has 5 nitrogen and oxygen atoms in total. The van der Waals surface area contributed by atoms with Gasteiger partial charge in [-0.3, -0.25) is 0 Å². The van der Waals surface area contributed by atoms with Gasteiger partial charge in [0.2, 0.25) is 0 Å². The molecular weight excluding hydrogens is 291 g/mol. The Morgan fingerprint density at radius 1 is 1.17 bits per heavy atom. The molecule has 0 spiro atoms. The Morgan fingerprint density at radius 2 is 1.91 bits per heavy atom. The Morgan fingerprint density at radius 3 is 2.57 bits per heavy atom. The molecule has 1 heterocycles. The molecule has 3 rings (SSSR count). The Kier molecular flexibility index (Phi) is 4.11. The van der Waals surface area contributed by atoms with E-state index in [0.29, 0.717) is 17.0 Å². The molecule has 0 saturated heterocycles. The summed E-state index contributed by atoms with van der Waals surface area (Å²) in [7, 11) is -1.60. The number of hydrogen-bond donors (Lipinski definition) is 3. The van der Waals surface area contributed by atoms with E-state index in [-0.39, 0.29) is 6.10 Å². The van der Waals surface area contributed by atoms with E-state index < -0.39 is 7.12 Å². The number of nitrogens with one attached hydrogen (secondary N) is 1. The largest absolute Gasteiger partial charge is 0.492 e. The Balaban J connectivity index is 2.23. The molecule has 2 aromatic carbocycles. The number of hydrogen-bond acceptors (Lipinski definition) is 4. The summed E-state index contributed by atoms with van der Waals surface area (Å²) in [5.41, 5.74) is 3.74. The van der Waals surface area contributed by atoms with Crippen molar-refractivity contribution < 1.29 is 14.8 Å². The first-order valence-electron chi connectivity index (χ1n) is 7.58. The smallest absolute Gasteiger partial charge is 0.491 e. The summed E-state index contributed by atoms with van der Waals surface area (Å²) in [6.07, 6.45) is -0.0988. The highest BCUT2D eigenvalue weighted by Gasteiger charge is 2.23. The number of aryl methyl sites for hydroxylation is 1. The molecule has 0 aliphatic rings. The van der Waals surface area contributed by atoms with Gasteiger partial charge in [-0.05, 0) is 39.0 Å². The van der Waals surface area contributed by atoms with Crippen molar-refractivity contribution in [3.63, 3.8) is 0 Å².